The third-order valence-corrected chi connectivity index (χ3v) is 5.57. The molecule has 1 saturated heterocycles. The van der Waals surface area contributed by atoms with Gasteiger partial charge in [0.25, 0.3) is 0 Å². The summed E-state index contributed by atoms with van der Waals surface area (Å²) in [7, 11) is 0. The van der Waals surface area contributed by atoms with Crippen LogP contribution in [-0.4, -0.2) is 29.8 Å². The third kappa shape index (κ3) is 4.06. The molecule has 2 unspecified atom stereocenters. The fourth-order valence-electron chi connectivity index (χ4n) is 3.09. The number of hydrogen-bond donors (Lipinski definition) is 0. The predicted octanol–water partition coefficient (Wildman–Crippen LogP) is 4.87. The zero-order chi connectivity index (χ0) is 14.5. The van der Waals surface area contributed by atoms with Gasteiger partial charge in [-0.1, -0.05) is 31.4 Å². The second-order valence-electron chi connectivity index (χ2n) is 5.77. The number of hydrogen-bond acceptors (Lipinski definition) is 3. The average Bonchev–Trinajstić information content (AvgIpc) is 2.73. The summed E-state index contributed by atoms with van der Waals surface area (Å²) in [6, 6.07) is 3.64. The molecule has 0 spiro atoms. The van der Waals surface area contributed by atoms with Gasteiger partial charge < -0.3 is 0 Å². The van der Waals surface area contributed by atoms with Crippen LogP contribution in [-0.2, 0) is 0 Å². The summed E-state index contributed by atoms with van der Waals surface area (Å²) in [4.78, 5) is 15.6. The molecule has 1 aromatic heterocycles. The molecule has 0 amide bonds. The van der Waals surface area contributed by atoms with Crippen LogP contribution in [0.15, 0.2) is 12.1 Å². The van der Waals surface area contributed by atoms with E-state index >= 15 is 0 Å². The largest absolute Gasteiger partial charge is 0.293 e. The van der Waals surface area contributed by atoms with Crippen molar-refractivity contribution in [3.05, 3.63) is 21.3 Å². The molecule has 1 fully saturated rings. The van der Waals surface area contributed by atoms with Gasteiger partial charge in [0.15, 0.2) is 5.78 Å². The Labute approximate surface area is 131 Å². The van der Waals surface area contributed by atoms with E-state index in [4.69, 9.17) is 11.6 Å². The molecule has 112 valence electrons. The van der Waals surface area contributed by atoms with Crippen LogP contribution >= 0.6 is 22.9 Å². The quantitative estimate of drug-likeness (QED) is 0.722. The van der Waals surface area contributed by atoms with Crippen LogP contribution in [0.1, 0.15) is 55.6 Å². The number of thiophene rings is 1. The zero-order valence-electron chi connectivity index (χ0n) is 12.4. The van der Waals surface area contributed by atoms with Gasteiger partial charge in [0.2, 0.25) is 0 Å². The monoisotopic (exact) mass is 313 g/mol. The number of halogens is 1. The Morgan fingerprint density at radius 1 is 1.45 bits per heavy atom. The highest BCUT2D eigenvalue weighted by molar-refractivity contribution is 7.18. The summed E-state index contributed by atoms with van der Waals surface area (Å²) in [5.41, 5.74) is 0. The van der Waals surface area contributed by atoms with Gasteiger partial charge in [0, 0.05) is 0 Å². The van der Waals surface area contributed by atoms with Crippen LogP contribution in [0.3, 0.4) is 0 Å². The second-order valence-corrected chi connectivity index (χ2v) is 7.48. The smallest absolute Gasteiger partial charge is 0.189 e. The Hall–Kier alpha value is -0.380. The Balaban J connectivity index is 1.95. The van der Waals surface area contributed by atoms with Crippen LogP contribution in [0.2, 0.25) is 4.34 Å². The van der Waals surface area contributed by atoms with Crippen LogP contribution < -0.4 is 0 Å². The van der Waals surface area contributed by atoms with Gasteiger partial charge >= 0.3 is 0 Å². The maximum Gasteiger partial charge on any atom is 0.189 e. The molecule has 2 atom stereocenters. The molecule has 0 aromatic carbocycles. The first-order valence-corrected chi connectivity index (χ1v) is 8.85. The van der Waals surface area contributed by atoms with E-state index in [1.165, 1.54) is 43.4 Å². The highest BCUT2D eigenvalue weighted by atomic mass is 35.5. The molecule has 20 heavy (non-hydrogen) atoms. The van der Waals surface area contributed by atoms with E-state index in [9.17, 15) is 4.79 Å². The number of rotatable bonds is 5. The van der Waals surface area contributed by atoms with Crippen LogP contribution in [0.5, 0.6) is 0 Å². The van der Waals surface area contributed by atoms with Crippen molar-refractivity contribution in [3.8, 4) is 0 Å². The van der Waals surface area contributed by atoms with Crippen molar-refractivity contribution in [2.75, 3.05) is 13.1 Å². The number of ketones is 1. The van der Waals surface area contributed by atoms with E-state index in [2.05, 4.69) is 11.8 Å². The van der Waals surface area contributed by atoms with Gasteiger partial charge in [-0.05, 0) is 57.3 Å². The Morgan fingerprint density at radius 3 is 2.90 bits per heavy atom. The van der Waals surface area contributed by atoms with E-state index in [1.54, 1.807) is 0 Å². The van der Waals surface area contributed by atoms with Gasteiger partial charge in [0.05, 0.1) is 15.3 Å². The Morgan fingerprint density at radius 2 is 2.25 bits per heavy atom. The van der Waals surface area contributed by atoms with Crippen molar-refractivity contribution in [3.63, 3.8) is 0 Å². The van der Waals surface area contributed by atoms with Crippen LogP contribution in [0.4, 0.5) is 0 Å². The minimum absolute atomic E-state index is 0.0231. The van der Waals surface area contributed by atoms with Crippen molar-refractivity contribution >= 4 is 28.7 Å². The number of Topliss-reactive ketones (excluding diaryl/α,β-unsaturated/α-hetero) is 1. The molecule has 2 nitrogen and oxygen atoms in total. The van der Waals surface area contributed by atoms with Crippen LogP contribution in [0.25, 0.3) is 0 Å². The van der Waals surface area contributed by atoms with Crippen molar-refractivity contribution in [2.45, 2.75) is 52.0 Å². The van der Waals surface area contributed by atoms with Gasteiger partial charge in [-0.15, -0.1) is 11.3 Å². The topological polar surface area (TPSA) is 20.3 Å². The predicted molar refractivity (Wildman–Crippen MR) is 86.9 cm³/mol. The summed E-state index contributed by atoms with van der Waals surface area (Å²) in [5.74, 6) is 1.07. The summed E-state index contributed by atoms with van der Waals surface area (Å²) >= 11 is 7.32. The minimum atomic E-state index is -0.0231. The molecular formula is C16H24ClNOS. The van der Waals surface area contributed by atoms with E-state index in [0.29, 0.717) is 4.34 Å². The lowest BCUT2D eigenvalue weighted by molar-refractivity contribution is 0.0845. The van der Waals surface area contributed by atoms with Gasteiger partial charge in [0.1, 0.15) is 0 Å². The van der Waals surface area contributed by atoms with Crippen molar-refractivity contribution < 1.29 is 4.79 Å². The highest BCUT2D eigenvalue weighted by Gasteiger charge is 2.26. The van der Waals surface area contributed by atoms with E-state index in [-0.39, 0.29) is 11.8 Å². The minimum Gasteiger partial charge on any atom is -0.293 e. The molecule has 0 radical (unpaired) electrons. The van der Waals surface area contributed by atoms with E-state index in [0.717, 1.165) is 23.9 Å². The average molecular weight is 314 g/mol. The molecule has 2 heterocycles. The fraction of sp³-hybridized carbons (Fsp3) is 0.688. The summed E-state index contributed by atoms with van der Waals surface area (Å²) in [6.45, 7) is 6.40. The normalized spacial score (nSPS) is 22.4. The number of nitrogens with zero attached hydrogens (tertiary/aromatic N) is 1. The first-order chi connectivity index (χ1) is 9.61. The first kappa shape index (κ1) is 16.0. The maximum atomic E-state index is 12.5. The fourth-order valence-corrected chi connectivity index (χ4v) is 4.16. The van der Waals surface area contributed by atoms with E-state index < -0.39 is 0 Å². The number of carbonyl (C=O) groups excluding carboxylic acids is 1. The SMILES string of the molecule is CCCC1CCCN(C(C)C(=O)c2ccc(Cl)s2)CC1. The molecule has 0 N–H and O–H groups in total. The molecule has 1 aliphatic rings. The lowest BCUT2D eigenvalue weighted by Crippen LogP contribution is -2.39. The number of likely N-dealkylation sites (tertiary alicyclic amines) is 1. The van der Waals surface area contributed by atoms with Crippen molar-refractivity contribution in [1.82, 2.24) is 4.90 Å². The van der Waals surface area contributed by atoms with Gasteiger partial charge in [-0.25, -0.2) is 0 Å². The summed E-state index contributed by atoms with van der Waals surface area (Å²) < 4.78 is 0.694. The molecule has 4 heteroatoms. The molecule has 0 aliphatic carbocycles. The molecular weight excluding hydrogens is 290 g/mol. The molecule has 1 aromatic rings. The summed E-state index contributed by atoms with van der Waals surface area (Å²) in [6.07, 6.45) is 6.36. The lowest BCUT2D eigenvalue weighted by atomic mass is 9.96. The van der Waals surface area contributed by atoms with Crippen LogP contribution in [0, 0.1) is 5.92 Å². The molecule has 0 bridgehead atoms. The number of carbonyl (C=O) groups is 1. The zero-order valence-corrected chi connectivity index (χ0v) is 14.0. The lowest BCUT2D eigenvalue weighted by Gasteiger charge is -2.26. The molecule has 0 saturated carbocycles. The van der Waals surface area contributed by atoms with E-state index in [1.807, 2.05) is 19.1 Å². The Kier molecular flexibility index (Phi) is 6.06. The molecule has 2 rings (SSSR count). The van der Waals surface area contributed by atoms with Crippen molar-refractivity contribution in [2.24, 2.45) is 5.92 Å². The van der Waals surface area contributed by atoms with Crippen molar-refractivity contribution in [1.29, 1.82) is 0 Å². The third-order valence-electron chi connectivity index (χ3n) is 4.32. The molecule has 1 aliphatic heterocycles. The first-order valence-electron chi connectivity index (χ1n) is 7.65. The highest BCUT2D eigenvalue weighted by Crippen LogP contribution is 2.26. The maximum absolute atomic E-state index is 12.5. The van der Waals surface area contributed by atoms with Gasteiger partial charge in [-0.2, -0.15) is 0 Å². The summed E-state index contributed by atoms with van der Waals surface area (Å²) in [5, 5.41) is 0. The standard InChI is InChI=1S/C16H24ClNOS/c1-3-5-13-6-4-10-18(11-9-13)12(2)16(19)14-7-8-15(17)20-14/h7-8,12-13H,3-6,9-11H2,1-2H3. The second kappa shape index (κ2) is 7.58. The Bertz CT molecular complexity index is 445. The van der Waals surface area contributed by atoms with Gasteiger partial charge in [-0.3, -0.25) is 9.69 Å².